The van der Waals surface area contributed by atoms with Gasteiger partial charge in [-0.05, 0) is 19.4 Å². The fraction of sp³-hybridized carbons (Fsp3) is 0.333. The van der Waals surface area contributed by atoms with Crippen LogP contribution in [0.1, 0.15) is 19.4 Å². The zero-order chi connectivity index (χ0) is 11.1. The Labute approximate surface area is 89.8 Å². The van der Waals surface area contributed by atoms with Gasteiger partial charge in [0, 0.05) is 5.71 Å². The van der Waals surface area contributed by atoms with Gasteiger partial charge in [-0.15, -0.1) is 0 Å². The van der Waals surface area contributed by atoms with E-state index in [1.165, 1.54) is 0 Å². The molecule has 0 spiro atoms. The van der Waals surface area contributed by atoms with E-state index in [0.717, 1.165) is 11.3 Å². The number of hydrogen-bond donors (Lipinski definition) is 0. The van der Waals surface area contributed by atoms with Crippen LogP contribution in [-0.4, -0.2) is 24.8 Å². The van der Waals surface area contributed by atoms with Gasteiger partial charge in [-0.25, -0.2) is 0 Å². The minimum Gasteiger partial charge on any atom is -0.465 e. The van der Waals surface area contributed by atoms with Crippen LogP contribution in [0.25, 0.3) is 0 Å². The number of esters is 1. The van der Waals surface area contributed by atoms with E-state index in [1.807, 2.05) is 37.3 Å². The summed E-state index contributed by atoms with van der Waals surface area (Å²) in [6.45, 7) is 4.16. The van der Waals surface area contributed by atoms with Gasteiger partial charge in [0.25, 0.3) is 0 Å². The fourth-order valence-electron chi connectivity index (χ4n) is 1.16. The summed E-state index contributed by atoms with van der Waals surface area (Å²) in [5, 5.41) is 0. The Balaban J connectivity index is 2.57. The molecule has 0 aliphatic rings. The summed E-state index contributed by atoms with van der Waals surface area (Å²) in [6, 6.07) is 9.76. The molecule has 0 bridgehead atoms. The van der Waals surface area contributed by atoms with Crippen molar-refractivity contribution in [3.05, 3.63) is 35.9 Å². The molecule has 0 N–H and O–H groups in total. The number of aliphatic imine (C=N–C) groups is 1. The van der Waals surface area contributed by atoms with Crippen LogP contribution in [0.15, 0.2) is 35.3 Å². The molecule has 0 aliphatic carbocycles. The Bertz CT molecular complexity index is 344. The first kappa shape index (κ1) is 11.4. The summed E-state index contributed by atoms with van der Waals surface area (Å²) in [4.78, 5) is 15.2. The van der Waals surface area contributed by atoms with E-state index in [1.54, 1.807) is 6.92 Å². The van der Waals surface area contributed by atoms with Crippen LogP contribution in [0.4, 0.5) is 0 Å². The van der Waals surface area contributed by atoms with Crippen LogP contribution in [-0.2, 0) is 9.53 Å². The number of rotatable bonds is 4. The molecule has 1 rings (SSSR count). The molecule has 0 saturated carbocycles. The molecule has 3 nitrogen and oxygen atoms in total. The van der Waals surface area contributed by atoms with E-state index in [4.69, 9.17) is 4.74 Å². The van der Waals surface area contributed by atoms with Crippen LogP contribution < -0.4 is 0 Å². The maximum absolute atomic E-state index is 11.0. The van der Waals surface area contributed by atoms with Crippen molar-refractivity contribution in [2.24, 2.45) is 4.99 Å². The first-order chi connectivity index (χ1) is 7.24. The average molecular weight is 205 g/mol. The number of carbonyl (C=O) groups is 1. The minimum absolute atomic E-state index is 0.0918. The quantitative estimate of drug-likeness (QED) is 0.557. The Morgan fingerprint density at radius 1 is 1.33 bits per heavy atom. The maximum Gasteiger partial charge on any atom is 0.327 e. The van der Waals surface area contributed by atoms with Gasteiger partial charge in [-0.1, -0.05) is 30.3 Å². The lowest BCUT2D eigenvalue weighted by atomic mass is 10.1. The summed E-state index contributed by atoms with van der Waals surface area (Å²) in [5.74, 6) is -0.284. The molecule has 0 atom stereocenters. The van der Waals surface area contributed by atoms with Gasteiger partial charge in [-0.3, -0.25) is 9.79 Å². The van der Waals surface area contributed by atoms with Crippen molar-refractivity contribution in [3.8, 4) is 0 Å². The lowest BCUT2D eigenvalue weighted by molar-refractivity contribution is -0.141. The third-order valence-electron chi connectivity index (χ3n) is 1.94. The van der Waals surface area contributed by atoms with Gasteiger partial charge in [0.15, 0.2) is 0 Å². The smallest absolute Gasteiger partial charge is 0.327 e. The summed E-state index contributed by atoms with van der Waals surface area (Å²) in [5.41, 5.74) is 1.88. The van der Waals surface area contributed by atoms with Gasteiger partial charge >= 0.3 is 5.97 Å². The summed E-state index contributed by atoms with van der Waals surface area (Å²) >= 11 is 0. The second kappa shape index (κ2) is 5.96. The lowest BCUT2D eigenvalue weighted by Gasteiger charge is -2.01. The molecule has 3 heteroatoms. The second-order valence-corrected chi connectivity index (χ2v) is 3.07. The van der Waals surface area contributed by atoms with Crippen molar-refractivity contribution in [3.63, 3.8) is 0 Å². The Morgan fingerprint density at radius 3 is 2.60 bits per heavy atom. The van der Waals surface area contributed by atoms with Crippen LogP contribution in [0.2, 0.25) is 0 Å². The monoisotopic (exact) mass is 205 g/mol. The van der Waals surface area contributed by atoms with E-state index < -0.39 is 0 Å². The van der Waals surface area contributed by atoms with E-state index >= 15 is 0 Å². The summed E-state index contributed by atoms with van der Waals surface area (Å²) in [7, 11) is 0. The number of hydrogen-bond acceptors (Lipinski definition) is 3. The Morgan fingerprint density at radius 2 is 2.00 bits per heavy atom. The summed E-state index contributed by atoms with van der Waals surface area (Å²) < 4.78 is 4.78. The topological polar surface area (TPSA) is 38.7 Å². The molecule has 15 heavy (non-hydrogen) atoms. The fourth-order valence-corrected chi connectivity index (χ4v) is 1.16. The van der Waals surface area contributed by atoms with Gasteiger partial charge in [0.2, 0.25) is 0 Å². The average Bonchev–Trinajstić information content (AvgIpc) is 2.27. The number of nitrogens with zero attached hydrogens (tertiary/aromatic N) is 1. The number of carbonyl (C=O) groups excluding carboxylic acids is 1. The predicted molar refractivity (Wildman–Crippen MR) is 60.2 cm³/mol. The highest BCUT2D eigenvalue weighted by atomic mass is 16.5. The number of ether oxygens (including phenoxy) is 1. The largest absolute Gasteiger partial charge is 0.465 e. The van der Waals surface area contributed by atoms with E-state index in [9.17, 15) is 4.79 Å². The van der Waals surface area contributed by atoms with Gasteiger partial charge in [0.05, 0.1) is 6.61 Å². The van der Waals surface area contributed by atoms with Gasteiger partial charge in [-0.2, -0.15) is 0 Å². The molecule has 0 heterocycles. The standard InChI is InChI=1S/C12H15NO2/c1-3-15-12(14)9-13-10(2)11-7-5-4-6-8-11/h4-8H,3,9H2,1-2H3/b13-10+. The first-order valence-corrected chi connectivity index (χ1v) is 4.96. The van der Waals surface area contributed by atoms with Crippen molar-refractivity contribution in [2.75, 3.05) is 13.2 Å². The maximum atomic E-state index is 11.0. The normalized spacial score (nSPS) is 11.2. The lowest BCUT2D eigenvalue weighted by Crippen LogP contribution is -2.09. The molecule has 80 valence electrons. The molecular weight excluding hydrogens is 190 g/mol. The highest BCUT2D eigenvalue weighted by Gasteiger charge is 2.00. The van der Waals surface area contributed by atoms with Gasteiger partial charge in [0.1, 0.15) is 6.54 Å². The van der Waals surface area contributed by atoms with E-state index in [2.05, 4.69) is 4.99 Å². The van der Waals surface area contributed by atoms with Crippen LogP contribution in [0.3, 0.4) is 0 Å². The molecule has 0 unspecified atom stereocenters. The Kier molecular flexibility index (Phi) is 4.54. The highest BCUT2D eigenvalue weighted by Crippen LogP contribution is 2.00. The van der Waals surface area contributed by atoms with Gasteiger partial charge < -0.3 is 4.74 Å². The third kappa shape index (κ3) is 3.94. The van der Waals surface area contributed by atoms with Crippen molar-refractivity contribution >= 4 is 11.7 Å². The predicted octanol–water partition coefficient (Wildman–Crippen LogP) is 2.06. The molecule has 0 amide bonds. The molecule has 1 aromatic rings. The van der Waals surface area contributed by atoms with Crippen molar-refractivity contribution in [1.82, 2.24) is 0 Å². The minimum atomic E-state index is -0.284. The molecular formula is C12H15NO2. The van der Waals surface area contributed by atoms with Crippen LogP contribution >= 0.6 is 0 Å². The first-order valence-electron chi connectivity index (χ1n) is 4.96. The molecule has 0 aliphatic heterocycles. The molecule has 1 aromatic carbocycles. The SMILES string of the molecule is CCOC(=O)C/N=C(\C)c1ccccc1. The van der Waals surface area contributed by atoms with Crippen LogP contribution in [0, 0.1) is 0 Å². The van der Waals surface area contributed by atoms with Crippen molar-refractivity contribution in [2.45, 2.75) is 13.8 Å². The molecule has 0 aromatic heterocycles. The third-order valence-corrected chi connectivity index (χ3v) is 1.94. The zero-order valence-corrected chi connectivity index (χ0v) is 9.06. The number of benzene rings is 1. The molecule has 0 fully saturated rings. The van der Waals surface area contributed by atoms with Crippen molar-refractivity contribution < 1.29 is 9.53 Å². The Hall–Kier alpha value is -1.64. The molecule has 0 saturated heterocycles. The highest BCUT2D eigenvalue weighted by molar-refractivity contribution is 5.99. The summed E-state index contributed by atoms with van der Waals surface area (Å²) in [6.07, 6.45) is 0. The van der Waals surface area contributed by atoms with E-state index in [0.29, 0.717) is 6.61 Å². The zero-order valence-electron chi connectivity index (χ0n) is 9.06. The van der Waals surface area contributed by atoms with Crippen molar-refractivity contribution in [1.29, 1.82) is 0 Å². The molecule has 0 radical (unpaired) electrons. The van der Waals surface area contributed by atoms with Crippen LogP contribution in [0.5, 0.6) is 0 Å². The second-order valence-electron chi connectivity index (χ2n) is 3.07. The van der Waals surface area contributed by atoms with E-state index in [-0.39, 0.29) is 12.5 Å².